The van der Waals surface area contributed by atoms with Gasteiger partial charge in [-0.1, -0.05) is 0 Å². The van der Waals surface area contributed by atoms with E-state index in [2.05, 4.69) is 10.3 Å². The van der Waals surface area contributed by atoms with E-state index in [1.165, 1.54) is 16.2 Å². The number of amides is 3. The highest BCUT2D eigenvalue weighted by atomic mass is 32.1. The first kappa shape index (κ1) is 13.6. The van der Waals surface area contributed by atoms with Gasteiger partial charge in [-0.3, -0.25) is 19.7 Å². The Morgan fingerprint density at radius 3 is 2.89 bits per heavy atom. The highest BCUT2D eigenvalue weighted by Gasteiger charge is 2.34. The van der Waals surface area contributed by atoms with Crippen LogP contribution in [-0.4, -0.2) is 40.2 Å². The fourth-order valence-corrected chi connectivity index (χ4v) is 2.46. The quantitative estimate of drug-likeness (QED) is 0.721. The number of piperazine rings is 1. The molecule has 2 heterocycles. The molecule has 0 bridgehead atoms. The maximum absolute atomic E-state index is 12.2. The number of nitrogens with two attached hydrogens (primary N) is 1. The van der Waals surface area contributed by atoms with Crippen LogP contribution in [0.15, 0.2) is 5.38 Å². The van der Waals surface area contributed by atoms with E-state index in [0.717, 1.165) is 0 Å². The molecular formula is C11H14N4O3S. The second-order valence-electron chi connectivity index (χ2n) is 4.38. The Morgan fingerprint density at radius 2 is 2.32 bits per heavy atom. The zero-order chi connectivity index (χ0) is 14.2. The molecule has 0 aromatic carbocycles. The number of hydrogen-bond donors (Lipinski definition) is 2. The van der Waals surface area contributed by atoms with Gasteiger partial charge in [0.2, 0.25) is 11.8 Å². The number of hydrogen-bond acceptors (Lipinski definition) is 6. The van der Waals surface area contributed by atoms with Crippen molar-refractivity contribution in [1.82, 2.24) is 15.2 Å². The summed E-state index contributed by atoms with van der Waals surface area (Å²) in [5.41, 5.74) is 5.90. The minimum absolute atomic E-state index is 0.142. The summed E-state index contributed by atoms with van der Waals surface area (Å²) in [7, 11) is 0. The average Bonchev–Trinajstić information content (AvgIpc) is 2.82. The van der Waals surface area contributed by atoms with Gasteiger partial charge in [0.05, 0.1) is 6.04 Å². The van der Waals surface area contributed by atoms with Crippen LogP contribution in [0, 0.1) is 0 Å². The van der Waals surface area contributed by atoms with Crippen LogP contribution >= 0.6 is 11.3 Å². The van der Waals surface area contributed by atoms with Crippen LogP contribution in [0.25, 0.3) is 0 Å². The summed E-state index contributed by atoms with van der Waals surface area (Å²) >= 11 is 1.28. The third-order valence-corrected chi connectivity index (χ3v) is 3.86. The molecule has 1 aliphatic heterocycles. The van der Waals surface area contributed by atoms with Gasteiger partial charge in [0.25, 0.3) is 5.91 Å². The van der Waals surface area contributed by atoms with E-state index < -0.39 is 23.8 Å². The zero-order valence-electron chi connectivity index (χ0n) is 10.5. The summed E-state index contributed by atoms with van der Waals surface area (Å²) in [6, 6.07) is -0.944. The van der Waals surface area contributed by atoms with E-state index in [0.29, 0.717) is 5.01 Å². The van der Waals surface area contributed by atoms with Crippen molar-refractivity contribution in [3.05, 3.63) is 16.1 Å². The van der Waals surface area contributed by atoms with Gasteiger partial charge < -0.3 is 10.6 Å². The van der Waals surface area contributed by atoms with Crippen LogP contribution in [0.3, 0.4) is 0 Å². The van der Waals surface area contributed by atoms with Crippen molar-refractivity contribution < 1.29 is 14.4 Å². The van der Waals surface area contributed by atoms with Gasteiger partial charge in [-0.05, 0) is 13.8 Å². The maximum Gasteiger partial charge on any atom is 0.274 e. The Morgan fingerprint density at radius 1 is 1.63 bits per heavy atom. The summed E-state index contributed by atoms with van der Waals surface area (Å²) in [6.45, 7) is 3.20. The monoisotopic (exact) mass is 282 g/mol. The molecule has 0 saturated carbocycles. The third-order valence-electron chi connectivity index (χ3n) is 2.81. The lowest BCUT2D eigenvalue weighted by Crippen LogP contribution is -2.58. The molecule has 2 atom stereocenters. The van der Waals surface area contributed by atoms with Crippen LogP contribution in [0.2, 0.25) is 0 Å². The molecule has 8 heteroatoms. The SMILES string of the molecule is CC(N)c1nc(C(=O)N2CC(=O)NC(=O)C2C)cs1. The predicted octanol–water partition coefficient (Wildman–Crippen LogP) is -0.350. The Kier molecular flexibility index (Phi) is 3.63. The van der Waals surface area contributed by atoms with Crippen molar-refractivity contribution in [3.63, 3.8) is 0 Å². The topological polar surface area (TPSA) is 105 Å². The fraction of sp³-hybridized carbons (Fsp3) is 0.455. The summed E-state index contributed by atoms with van der Waals surface area (Å²) in [4.78, 5) is 40.4. The summed E-state index contributed by atoms with van der Waals surface area (Å²) < 4.78 is 0. The Balaban J connectivity index is 2.22. The molecular weight excluding hydrogens is 268 g/mol. The smallest absolute Gasteiger partial charge is 0.274 e. The number of carbonyl (C=O) groups excluding carboxylic acids is 3. The van der Waals surface area contributed by atoms with Crippen molar-refractivity contribution in [2.45, 2.75) is 25.9 Å². The lowest BCUT2D eigenvalue weighted by Gasteiger charge is -2.31. The number of thiazole rings is 1. The Bertz CT molecular complexity index is 540. The first-order chi connectivity index (χ1) is 8.90. The van der Waals surface area contributed by atoms with Crippen LogP contribution < -0.4 is 11.1 Å². The molecule has 3 N–H and O–H groups in total. The fourth-order valence-electron chi connectivity index (χ4n) is 1.70. The van der Waals surface area contributed by atoms with Crippen LogP contribution in [-0.2, 0) is 9.59 Å². The third kappa shape index (κ3) is 2.64. The highest BCUT2D eigenvalue weighted by molar-refractivity contribution is 7.09. The van der Waals surface area contributed by atoms with E-state index in [9.17, 15) is 14.4 Å². The summed E-state index contributed by atoms with van der Waals surface area (Å²) in [5, 5.41) is 4.41. The van der Waals surface area contributed by atoms with Gasteiger partial charge in [-0.15, -0.1) is 11.3 Å². The van der Waals surface area contributed by atoms with Gasteiger partial charge in [0.1, 0.15) is 23.3 Å². The molecule has 1 aliphatic rings. The Labute approximate surface area is 113 Å². The number of nitrogens with zero attached hydrogens (tertiary/aromatic N) is 2. The molecule has 3 amide bonds. The maximum atomic E-state index is 12.2. The van der Waals surface area contributed by atoms with Crippen molar-refractivity contribution in [3.8, 4) is 0 Å². The first-order valence-electron chi connectivity index (χ1n) is 5.76. The van der Waals surface area contributed by atoms with Crippen molar-refractivity contribution >= 4 is 29.1 Å². The number of aromatic nitrogens is 1. The molecule has 2 rings (SSSR count). The normalized spacial score (nSPS) is 21.2. The van der Waals surface area contributed by atoms with Crippen LogP contribution in [0.1, 0.15) is 35.4 Å². The number of carbonyl (C=O) groups is 3. The Hall–Kier alpha value is -1.80. The van der Waals surface area contributed by atoms with Crippen molar-refractivity contribution in [2.75, 3.05) is 6.54 Å². The van der Waals surface area contributed by atoms with Crippen LogP contribution in [0.5, 0.6) is 0 Å². The van der Waals surface area contributed by atoms with E-state index in [1.807, 2.05) is 0 Å². The molecule has 7 nitrogen and oxygen atoms in total. The van der Waals surface area contributed by atoms with E-state index in [1.54, 1.807) is 19.2 Å². The van der Waals surface area contributed by atoms with Crippen molar-refractivity contribution in [2.24, 2.45) is 5.73 Å². The van der Waals surface area contributed by atoms with E-state index >= 15 is 0 Å². The van der Waals surface area contributed by atoms with Crippen LogP contribution in [0.4, 0.5) is 0 Å². The lowest BCUT2D eigenvalue weighted by molar-refractivity contribution is -0.138. The first-order valence-corrected chi connectivity index (χ1v) is 6.63. The molecule has 2 unspecified atom stereocenters. The summed E-state index contributed by atoms with van der Waals surface area (Å²) in [6.07, 6.45) is 0. The second kappa shape index (κ2) is 5.06. The lowest BCUT2D eigenvalue weighted by atomic mass is 10.2. The van der Waals surface area contributed by atoms with Gasteiger partial charge in [-0.2, -0.15) is 0 Å². The molecule has 0 aliphatic carbocycles. The molecule has 1 fully saturated rings. The molecule has 1 aromatic heterocycles. The minimum Gasteiger partial charge on any atom is -0.322 e. The highest BCUT2D eigenvalue weighted by Crippen LogP contribution is 2.18. The van der Waals surface area contributed by atoms with E-state index in [-0.39, 0.29) is 18.3 Å². The van der Waals surface area contributed by atoms with Gasteiger partial charge in [0.15, 0.2) is 0 Å². The molecule has 1 aromatic rings. The minimum atomic E-state index is -0.689. The number of imide groups is 1. The second-order valence-corrected chi connectivity index (χ2v) is 5.27. The van der Waals surface area contributed by atoms with Gasteiger partial charge >= 0.3 is 0 Å². The molecule has 102 valence electrons. The van der Waals surface area contributed by atoms with Gasteiger partial charge in [0, 0.05) is 5.38 Å². The predicted molar refractivity (Wildman–Crippen MR) is 68.4 cm³/mol. The molecule has 0 radical (unpaired) electrons. The largest absolute Gasteiger partial charge is 0.322 e. The molecule has 1 saturated heterocycles. The number of nitrogens with one attached hydrogen (secondary N) is 1. The molecule has 19 heavy (non-hydrogen) atoms. The van der Waals surface area contributed by atoms with Crippen molar-refractivity contribution in [1.29, 1.82) is 0 Å². The average molecular weight is 282 g/mol. The standard InChI is InChI=1S/C11H14N4O3S/c1-5(12)10-13-7(4-19-10)11(18)15-3-8(16)14-9(17)6(15)2/h4-6H,3,12H2,1-2H3,(H,14,16,17). The summed E-state index contributed by atoms with van der Waals surface area (Å²) in [5.74, 6) is -1.40. The zero-order valence-corrected chi connectivity index (χ0v) is 11.4. The number of rotatable bonds is 2. The van der Waals surface area contributed by atoms with Gasteiger partial charge in [-0.25, -0.2) is 4.98 Å². The van der Waals surface area contributed by atoms with E-state index in [4.69, 9.17) is 5.73 Å². The molecule has 0 spiro atoms.